The number of rotatable bonds is 5. The molecule has 0 fully saturated rings. The number of phenols is 1. The predicted molar refractivity (Wildman–Crippen MR) is 66.9 cm³/mol. The number of carbonyl (C=O) groups is 1. The van der Waals surface area contributed by atoms with E-state index in [1.807, 2.05) is 25.1 Å². The van der Waals surface area contributed by atoms with E-state index in [0.717, 1.165) is 12.0 Å². The summed E-state index contributed by atoms with van der Waals surface area (Å²) in [7, 11) is 1.38. The second kappa shape index (κ2) is 6.74. The van der Waals surface area contributed by atoms with Crippen molar-refractivity contribution in [2.45, 2.75) is 25.7 Å². The normalized spacial score (nSPS) is 12.6. The van der Waals surface area contributed by atoms with Crippen LogP contribution in [0.5, 0.6) is 5.75 Å². The summed E-state index contributed by atoms with van der Waals surface area (Å²) in [6.07, 6.45) is 5.19. The van der Waals surface area contributed by atoms with Gasteiger partial charge in [0.05, 0.1) is 13.5 Å². The summed E-state index contributed by atoms with van der Waals surface area (Å²) in [6, 6.07) is 6.96. The molecule has 0 bridgehead atoms. The fourth-order valence-electron chi connectivity index (χ4n) is 1.62. The van der Waals surface area contributed by atoms with Gasteiger partial charge in [-0.05, 0) is 24.1 Å². The molecule has 1 aromatic rings. The molecule has 92 valence electrons. The number of benzene rings is 1. The Morgan fingerprint density at radius 1 is 1.53 bits per heavy atom. The van der Waals surface area contributed by atoms with Gasteiger partial charge in [-0.25, -0.2) is 0 Å². The van der Waals surface area contributed by atoms with E-state index in [1.54, 1.807) is 18.2 Å². The number of hydrogen-bond donors (Lipinski definition) is 1. The van der Waals surface area contributed by atoms with Crippen molar-refractivity contribution < 1.29 is 14.6 Å². The third-order valence-corrected chi connectivity index (χ3v) is 2.52. The molecule has 1 rings (SSSR count). The molecule has 0 aliphatic heterocycles. The molecule has 3 heteroatoms. The van der Waals surface area contributed by atoms with Gasteiger partial charge in [-0.15, -0.1) is 0 Å². The fraction of sp³-hybridized carbons (Fsp3) is 0.357. The first-order chi connectivity index (χ1) is 8.17. The van der Waals surface area contributed by atoms with E-state index < -0.39 is 0 Å². The van der Waals surface area contributed by atoms with Gasteiger partial charge in [-0.1, -0.05) is 31.2 Å². The highest BCUT2D eigenvalue weighted by Crippen LogP contribution is 2.25. The van der Waals surface area contributed by atoms with E-state index in [-0.39, 0.29) is 24.1 Å². The fourth-order valence-corrected chi connectivity index (χ4v) is 1.62. The SMILES string of the molecule is CCC=C[C@H](CC(=O)OC)c1cccc(O)c1. The minimum atomic E-state index is -0.251. The summed E-state index contributed by atoms with van der Waals surface area (Å²) < 4.78 is 4.68. The topological polar surface area (TPSA) is 46.5 Å². The highest BCUT2D eigenvalue weighted by Gasteiger charge is 2.13. The van der Waals surface area contributed by atoms with Crippen LogP contribution in [-0.2, 0) is 9.53 Å². The molecule has 0 spiro atoms. The molecule has 0 heterocycles. The Kier molecular flexibility index (Phi) is 5.27. The summed E-state index contributed by atoms with van der Waals surface area (Å²) in [4.78, 5) is 11.3. The Bertz CT molecular complexity index is 396. The third kappa shape index (κ3) is 4.31. The first-order valence-corrected chi connectivity index (χ1v) is 5.69. The van der Waals surface area contributed by atoms with Crippen molar-refractivity contribution in [3.63, 3.8) is 0 Å². The lowest BCUT2D eigenvalue weighted by atomic mass is 9.95. The number of allylic oxidation sites excluding steroid dienone is 2. The Morgan fingerprint density at radius 3 is 2.88 bits per heavy atom. The molecule has 17 heavy (non-hydrogen) atoms. The standard InChI is InChI=1S/C14H18O3/c1-3-4-6-12(10-14(16)17-2)11-7-5-8-13(15)9-11/h4-9,12,15H,3,10H2,1-2H3/t12-/m1/s1. The molecule has 1 atom stereocenters. The van der Waals surface area contributed by atoms with Gasteiger partial charge in [-0.2, -0.15) is 0 Å². The van der Waals surface area contributed by atoms with Crippen molar-refractivity contribution >= 4 is 5.97 Å². The van der Waals surface area contributed by atoms with E-state index in [4.69, 9.17) is 0 Å². The van der Waals surface area contributed by atoms with Crippen LogP contribution in [-0.4, -0.2) is 18.2 Å². The molecule has 0 saturated heterocycles. The smallest absolute Gasteiger partial charge is 0.306 e. The lowest BCUT2D eigenvalue weighted by molar-refractivity contribution is -0.140. The minimum absolute atomic E-state index is 0.0468. The summed E-state index contributed by atoms with van der Waals surface area (Å²) in [5.41, 5.74) is 0.917. The molecule has 0 amide bonds. The molecule has 1 N–H and O–H groups in total. The molecular formula is C14H18O3. The zero-order valence-electron chi connectivity index (χ0n) is 10.2. The third-order valence-electron chi connectivity index (χ3n) is 2.52. The van der Waals surface area contributed by atoms with Gasteiger partial charge in [0.15, 0.2) is 0 Å². The molecular weight excluding hydrogens is 216 g/mol. The number of hydrogen-bond acceptors (Lipinski definition) is 3. The van der Waals surface area contributed by atoms with Crippen LogP contribution in [0.1, 0.15) is 31.2 Å². The second-order valence-electron chi connectivity index (χ2n) is 3.82. The van der Waals surface area contributed by atoms with Gasteiger partial charge in [0, 0.05) is 5.92 Å². The molecule has 0 unspecified atom stereocenters. The number of esters is 1. The van der Waals surface area contributed by atoms with Crippen LogP contribution in [0.4, 0.5) is 0 Å². The minimum Gasteiger partial charge on any atom is -0.508 e. The van der Waals surface area contributed by atoms with E-state index in [9.17, 15) is 9.90 Å². The van der Waals surface area contributed by atoms with E-state index >= 15 is 0 Å². The van der Waals surface area contributed by atoms with Gasteiger partial charge in [0.25, 0.3) is 0 Å². The van der Waals surface area contributed by atoms with E-state index in [2.05, 4.69) is 4.74 Å². The van der Waals surface area contributed by atoms with Crippen molar-refractivity contribution in [2.24, 2.45) is 0 Å². The van der Waals surface area contributed by atoms with Crippen LogP contribution in [0, 0.1) is 0 Å². The quantitative estimate of drug-likeness (QED) is 0.629. The summed E-state index contributed by atoms with van der Waals surface area (Å²) in [5, 5.41) is 9.44. The maximum Gasteiger partial charge on any atom is 0.306 e. The van der Waals surface area contributed by atoms with Gasteiger partial charge >= 0.3 is 5.97 Å². The average Bonchev–Trinajstić information content (AvgIpc) is 2.34. The Balaban J connectivity index is 2.89. The first kappa shape index (κ1) is 13.3. The largest absolute Gasteiger partial charge is 0.508 e. The van der Waals surface area contributed by atoms with Gasteiger partial charge < -0.3 is 9.84 Å². The molecule has 0 aliphatic rings. The van der Waals surface area contributed by atoms with Crippen LogP contribution in [0.2, 0.25) is 0 Å². The number of methoxy groups -OCH3 is 1. The molecule has 0 saturated carbocycles. The van der Waals surface area contributed by atoms with Crippen LogP contribution >= 0.6 is 0 Å². The molecule has 3 nitrogen and oxygen atoms in total. The van der Waals surface area contributed by atoms with Gasteiger partial charge in [0.1, 0.15) is 5.75 Å². The Labute approximate surface area is 102 Å². The first-order valence-electron chi connectivity index (χ1n) is 5.69. The summed E-state index contributed by atoms with van der Waals surface area (Å²) in [5.74, 6) is -0.0872. The average molecular weight is 234 g/mol. The van der Waals surface area contributed by atoms with Crippen LogP contribution in [0.15, 0.2) is 36.4 Å². The van der Waals surface area contributed by atoms with Crippen molar-refractivity contribution in [2.75, 3.05) is 7.11 Å². The van der Waals surface area contributed by atoms with Crippen LogP contribution < -0.4 is 0 Å². The zero-order valence-corrected chi connectivity index (χ0v) is 10.2. The number of carbonyl (C=O) groups excluding carboxylic acids is 1. The Morgan fingerprint density at radius 2 is 2.29 bits per heavy atom. The van der Waals surface area contributed by atoms with Crippen LogP contribution in [0.25, 0.3) is 0 Å². The van der Waals surface area contributed by atoms with E-state index in [1.165, 1.54) is 7.11 Å². The van der Waals surface area contributed by atoms with Crippen LogP contribution in [0.3, 0.4) is 0 Å². The number of aromatic hydroxyl groups is 1. The van der Waals surface area contributed by atoms with Crippen molar-refractivity contribution in [1.29, 1.82) is 0 Å². The van der Waals surface area contributed by atoms with Crippen molar-refractivity contribution in [1.82, 2.24) is 0 Å². The lowest BCUT2D eigenvalue weighted by Gasteiger charge is -2.12. The highest BCUT2D eigenvalue weighted by atomic mass is 16.5. The molecule has 0 radical (unpaired) electrons. The molecule has 0 aliphatic carbocycles. The van der Waals surface area contributed by atoms with Gasteiger partial charge in [0.2, 0.25) is 0 Å². The number of phenolic OH excluding ortho intramolecular Hbond substituents is 1. The highest BCUT2D eigenvalue weighted by molar-refractivity contribution is 5.70. The Hall–Kier alpha value is -1.77. The van der Waals surface area contributed by atoms with Crippen molar-refractivity contribution in [3.05, 3.63) is 42.0 Å². The second-order valence-corrected chi connectivity index (χ2v) is 3.82. The van der Waals surface area contributed by atoms with Crippen molar-refractivity contribution in [3.8, 4) is 5.75 Å². The monoisotopic (exact) mass is 234 g/mol. The maximum absolute atomic E-state index is 11.3. The zero-order chi connectivity index (χ0) is 12.7. The predicted octanol–water partition coefficient (Wildman–Crippen LogP) is 3.01. The van der Waals surface area contributed by atoms with Gasteiger partial charge in [-0.3, -0.25) is 4.79 Å². The molecule has 0 aromatic heterocycles. The number of ether oxygens (including phenoxy) is 1. The molecule has 1 aromatic carbocycles. The summed E-state index contributed by atoms with van der Waals surface area (Å²) in [6.45, 7) is 2.04. The van der Waals surface area contributed by atoms with E-state index in [0.29, 0.717) is 0 Å². The lowest BCUT2D eigenvalue weighted by Crippen LogP contribution is -2.06. The summed E-state index contributed by atoms with van der Waals surface area (Å²) >= 11 is 0. The maximum atomic E-state index is 11.3.